The monoisotopic (exact) mass is 260 g/mol. The first-order valence-corrected chi connectivity index (χ1v) is 5.92. The van der Waals surface area contributed by atoms with Gasteiger partial charge in [-0.15, -0.1) is 0 Å². The van der Waals surface area contributed by atoms with Gasteiger partial charge in [0.25, 0.3) is 0 Å². The van der Waals surface area contributed by atoms with Crippen LogP contribution in [0.2, 0.25) is 0 Å². The zero-order valence-electron chi connectivity index (χ0n) is 10.9. The van der Waals surface area contributed by atoms with Gasteiger partial charge in [-0.3, -0.25) is 4.68 Å². The Kier molecular flexibility index (Phi) is 3.70. The highest BCUT2D eigenvalue weighted by molar-refractivity contribution is 5.97. The minimum Gasteiger partial charge on any atom is -0.465 e. The molecule has 0 aliphatic rings. The SMILES string of the molecule is CCn1ccc(Nc2ccc(N)cc2C(=O)OC)n1. The fourth-order valence-corrected chi connectivity index (χ4v) is 1.69. The summed E-state index contributed by atoms with van der Waals surface area (Å²) in [5.41, 5.74) is 7.18. The largest absolute Gasteiger partial charge is 0.465 e. The third-order valence-electron chi connectivity index (χ3n) is 2.68. The molecule has 0 aliphatic heterocycles. The second-order valence-electron chi connectivity index (χ2n) is 3.98. The molecule has 1 aromatic carbocycles. The molecule has 1 heterocycles. The first kappa shape index (κ1) is 12.9. The van der Waals surface area contributed by atoms with Crippen LogP contribution in [0, 0.1) is 0 Å². The van der Waals surface area contributed by atoms with E-state index >= 15 is 0 Å². The maximum atomic E-state index is 11.7. The fourth-order valence-electron chi connectivity index (χ4n) is 1.69. The molecule has 0 aliphatic carbocycles. The molecule has 19 heavy (non-hydrogen) atoms. The van der Waals surface area contributed by atoms with Crippen LogP contribution in [0.5, 0.6) is 0 Å². The van der Waals surface area contributed by atoms with Gasteiger partial charge in [0.05, 0.1) is 18.4 Å². The standard InChI is InChI=1S/C13H16N4O2/c1-3-17-7-6-12(16-17)15-11-5-4-9(14)8-10(11)13(18)19-2/h4-8H,3,14H2,1-2H3,(H,15,16). The van der Waals surface area contributed by atoms with Gasteiger partial charge in [-0.05, 0) is 25.1 Å². The number of rotatable bonds is 4. The van der Waals surface area contributed by atoms with Gasteiger partial charge in [-0.1, -0.05) is 0 Å². The number of nitrogens with zero attached hydrogens (tertiary/aromatic N) is 2. The minimum absolute atomic E-state index is 0.383. The van der Waals surface area contributed by atoms with E-state index in [0.29, 0.717) is 22.8 Å². The van der Waals surface area contributed by atoms with Crippen LogP contribution in [0.15, 0.2) is 30.5 Å². The Bertz CT molecular complexity index is 592. The third kappa shape index (κ3) is 2.85. The molecule has 0 bridgehead atoms. The van der Waals surface area contributed by atoms with Crippen molar-refractivity contribution in [3.8, 4) is 0 Å². The Labute approximate surface area is 111 Å². The van der Waals surface area contributed by atoms with Gasteiger partial charge >= 0.3 is 5.97 Å². The number of carbonyl (C=O) groups excluding carboxylic acids is 1. The summed E-state index contributed by atoms with van der Waals surface area (Å²) >= 11 is 0. The number of carbonyl (C=O) groups is 1. The summed E-state index contributed by atoms with van der Waals surface area (Å²) < 4.78 is 6.53. The molecule has 0 amide bonds. The van der Waals surface area contributed by atoms with Crippen molar-refractivity contribution in [1.82, 2.24) is 9.78 Å². The van der Waals surface area contributed by atoms with Gasteiger partial charge in [0, 0.05) is 24.5 Å². The van der Waals surface area contributed by atoms with Crippen LogP contribution in [0.3, 0.4) is 0 Å². The Morgan fingerprint density at radius 1 is 1.47 bits per heavy atom. The van der Waals surface area contributed by atoms with E-state index in [4.69, 9.17) is 10.5 Å². The lowest BCUT2D eigenvalue weighted by Crippen LogP contribution is -2.07. The molecule has 3 N–H and O–H groups in total. The predicted molar refractivity (Wildman–Crippen MR) is 73.4 cm³/mol. The van der Waals surface area contributed by atoms with Gasteiger partial charge in [-0.2, -0.15) is 5.10 Å². The maximum absolute atomic E-state index is 11.7. The summed E-state index contributed by atoms with van der Waals surface area (Å²) in [4.78, 5) is 11.7. The molecule has 0 fully saturated rings. The van der Waals surface area contributed by atoms with Gasteiger partial charge in [-0.25, -0.2) is 4.79 Å². The highest BCUT2D eigenvalue weighted by Gasteiger charge is 2.13. The number of aryl methyl sites for hydroxylation is 1. The Hall–Kier alpha value is -2.50. The molecule has 2 rings (SSSR count). The summed E-state index contributed by atoms with van der Waals surface area (Å²) in [7, 11) is 1.33. The smallest absolute Gasteiger partial charge is 0.340 e. The normalized spacial score (nSPS) is 10.2. The summed E-state index contributed by atoms with van der Waals surface area (Å²) in [6.07, 6.45) is 1.86. The molecule has 0 spiro atoms. The van der Waals surface area contributed by atoms with E-state index < -0.39 is 5.97 Å². The van der Waals surface area contributed by atoms with Crippen LogP contribution in [0.4, 0.5) is 17.2 Å². The van der Waals surface area contributed by atoms with Crippen LogP contribution in [-0.2, 0) is 11.3 Å². The van der Waals surface area contributed by atoms with Crippen LogP contribution in [0.1, 0.15) is 17.3 Å². The Morgan fingerprint density at radius 2 is 2.26 bits per heavy atom. The van der Waals surface area contributed by atoms with Crippen molar-refractivity contribution < 1.29 is 9.53 Å². The van der Waals surface area contributed by atoms with E-state index in [1.54, 1.807) is 22.9 Å². The van der Waals surface area contributed by atoms with E-state index in [1.807, 2.05) is 19.2 Å². The number of anilines is 3. The molecule has 0 saturated heterocycles. The third-order valence-corrected chi connectivity index (χ3v) is 2.68. The minimum atomic E-state index is -0.440. The Balaban J connectivity index is 2.31. The lowest BCUT2D eigenvalue weighted by atomic mass is 10.1. The maximum Gasteiger partial charge on any atom is 0.340 e. The van der Waals surface area contributed by atoms with E-state index in [-0.39, 0.29) is 0 Å². The predicted octanol–water partition coefficient (Wildman–Crippen LogP) is 2.02. The second-order valence-corrected chi connectivity index (χ2v) is 3.98. The van der Waals surface area contributed by atoms with Crippen LogP contribution >= 0.6 is 0 Å². The van der Waals surface area contributed by atoms with Crippen molar-refractivity contribution >= 4 is 23.2 Å². The summed E-state index contributed by atoms with van der Waals surface area (Å²) in [6.45, 7) is 2.78. The zero-order chi connectivity index (χ0) is 13.8. The average Bonchev–Trinajstić information content (AvgIpc) is 2.87. The quantitative estimate of drug-likeness (QED) is 0.649. The average molecular weight is 260 g/mol. The molecule has 100 valence electrons. The molecule has 0 radical (unpaired) electrons. The first-order valence-electron chi connectivity index (χ1n) is 5.92. The molecule has 6 heteroatoms. The van der Waals surface area contributed by atoms with Gasteiger partial charge in [0.15, 0.2) is 5.82 Å². The lowest BCUT2D eigenvalue weighted by Gasteiger charge is -2.09. The summed E-state index contributed by atoms with van der Waals surface area (Å²) in [5, 5.41) is 7.38. The molecular weight excluding hydrogens is 244 g/mol. The van der Waals surface area contributed by atoms with Crippen molar-refractivity contribution in [3.63, 3.8) is 0 Å². The Morgan fingerprint density at radius 3 is 2.89 bits per heavy atom. The summed E-state index contributed by atoms with van der Waals surface area (Å²) in [5.74, 6) is 0.224. The van der Waals surface area contributed by atoms with Gasteiger partial charge < -0.3 is 15.8 Å². The van der Waals surface area contributed by atoms with Crippen LogP contribution < -0.4 is 11.1 Å². The zero-order valence-corrected chi connectivity index (χ0v) is 10.9. The topological polar surface area (TPSA) is 82.2 Å². The van der Waals surface area contributed by atoms with Crippen LogP contribution in [0.25, 0.3) is 0 Å². The first-order chi connectivity index (χ1) is 9.13. The molecule has 0 saturated carbocycles. The summed E-state index contributed by atoms with van der Waals surface area (Å²) in [6, 6.07) is 6.85. The number of nitrogen functional groups attached to an aromatic ring is 1. The van der Waals surface area contributed by atoms with Gasteiger partial charge in [0.2, 0.25) is 0 Å². The number of hydrogen-bond donors (Lipinski definition) is 2. The fraction of sp³-hybridized carbons (Fsp3) is 0.231. The molecular formula is C13H16N4O2. The molecule has 6 nitrogen and oxygen atoms in total. The van der Waals surface area contributed by atoms with Gasteiger partial charge in [0.1, 0.15) is 0 Å². The number of benzene rings is 1. The van der Waals surface area contributed by atoms with Crippen molar-refractivity contribution in [2.24, 2.45) is 0 Å². The number of nitrogens with one attached hydrogen (secondary N) is 1. The van der Waals surface area contributed by atoms with Crippen molar-refractivity contribution in [1.29, 1.82) is 0 Å². The lowest BCUT2D eigenvalue weighted by molar-refractivity contribution is 0.0602. The number of ether oxygens (including phenoxy) is 1. The van der Waals surface area contributed by atoms with Crippen molar-refractivity contribution in [3.05, 3.63) is 36.0 Å². The second kappa shape index (κ2) is 5.43. The number of methoxy groups -OCH3 is 1. The number of nitrogens with two attached hydrogens (primary N) is 1. The molecule has 0 unspecified atom stereocenters. The van der Waals surface area contributed by atoms with Crippen LogP contribution in [-0.4, -0.2) is 22.9 Å². The highest BCUT2D eigenvalue weighted by Crippen LogP contribution is 2.23. The molecule has 0 atom stereocenters. The number of aromatic nitrogens is 2. The van der Waals surface area contributed by atoms with E-state index in [1.165, 1.54) is 7.11 Å². The van der Waals surface area contributed by atoms with E-state index in [2.05, 4.69) is 10.4 Å². The number of esters is 1. The van der Waals surface area contributed by atoms with Crippen molar-refractivity contribution in [2.45, 2.75) is 13.5 Å². The number of hydrogen-bond acceptors (Lipinski definition) is 5. The van der Waals surface area contributed by atoms with E-state index in [0.717, 1.165) is 6.54 Å². The van der Waals surface area contributed by atoms with Crippen molar-refractivity contribution in [2.75, 3.05) is 18.2 Å². The molecule has 1 aromatic heterocycles. The van der Waals surface area contributed by atoms with E-state index in [9.17, 15) is 4.79 Å². The highest BCUT2D eigenvalue weighted by atomic mass is 16.5. The molecule has 2 aromatic rings.